The lowest BCUT2D eigenvalue weighted by molar-refractivity contribution is 0.361. The quantitative estimate of drug-likeness (QED) is 0.369. The molecule has 0 fully saturated rings. The summed E-state index contributed by atoms with van der Waals surface area (Å²) < 4.78 is 9.80. The van der Waals surface area contributed by atoms with Crippen LogP contribution in [0.2, 0.25) is 0 Å². The molecule has 4 aromatic rings. The van der Waals surface area contributed by atoms with Gasteiger partial charge in [0.25, 0.3) is 5.56 Å². The predicted molar refractivity (Wildman–Crippen MR) is 129 cm³/mol. The number of nitrogens with zero attached hydrogens (tertiary/aromatic N) is 3. The molecule has 0 saturated heterocycles. The summed E-state index contributed by atoms with van der Waals surface area (Å²) in [5, 5.41) is 0. The second kappa shape index (κ2) is 9.40. The molecule has 8 heteroatoms. The van der Waals surface area contributed by atoms with E-state index in [1.807, 2.05) is 60.0 Å². The van der Waals surface area contributed by atoms with Crippen LogP contribution >= 0.6 is 15.9 Å². The molecule has 32 heavy (non-hydrogen) atoms. The Morgan fingerprint density at radius 3 is 2.62 bits per heavy atom. The number of fused-ring (bicyclic) bond motifs is 1. The molecule has 0 atom stereocenters. The third-order valence-corrected chi connectivity index (χ3v) is 5.68. The van der Waals surface area contributed by atoms with Crippen molar-refractivity contribution in [3.63, 3.8) is 0 Å². The molecule has 0 aliphatic rings. The number of aromatic nitrogens is 4. The highest BCUT2D eigenvalue weighted by atomic mass is 79.9. The van der Waals surface area contributed by atoms with Crippen LogP contribution in [-0.4, -0.2) is 25.7 Å². The Morgan fingerprint density at radius 2 is 1.94 bits per heavy atom. The molecule has 0 unspecified atom stereocenters. The minimum absolute atomic E-state index is 0.313. The Labute approximate surface area is 193 Å². The number of rotatable bonds is 8. The zero-order valence-electron chi connectivity index (χ0n) is 17.7. The van der Waals surface area contributed by atoms with Crippen LogP contribution in [-0.2, 0) is 13.1 Å². The molecule has 1 N–H and O–H groups in total. The Morgan fingerprint density at radius 1 is 1.16 bits per heavy atom. The fourth-order valence-corrected chi connectivity index (χ4v) is 4.15. The highest BCUT2D eigenvalue weighted by Crippen LogP contribution is 2.31. The minimum atomic E-state index is -0.478. The summed E-state index contributed by atoms with van der Waals surface area (Å²) in [6, 6.07) is 15.3. The number of ether oxygens (including phenoxy) is 1. The first-order valence-corrected chi connectivity index (χ1v) is 11.1. The van der Waals surface area contributed by atoms with Crippen molar-refractivity contribution in [3.8, 4) is 17.1 Å². The van der Waals surface area contributed by atoms with E-state index in [4.69, 9.17) is 9.72 Å². The predicted octanol–water partition coefficient (Wildman–Crippen LogP) is 4.34. The van der Waals surface area contributed by atoms with Gasteiger partial charge in [0.2, 0.25) is 0 Å². The van der Waals surface area contributed by atoms with Crippen molar-refractivity contribution < 1.29 is 4.74 Å². The average Bonchev–Trinajstić information content (AvgIpc) is 3.16. The number of nitrogens with one attached hydrogen (secondary N) is 1. The number of hydrogen-bond donors (Lipinski definition) is 1. The number of imidazole rings is 1. The van der Waals surface area contributed by atoms with Gasteiger partial charge in [0.05, 0.1) is 11.0 Å². The van der Waals surface area contributed by atoms with Crippen molar-refractivity contribution in [1.29, 1.82) is 0 Å². The second-order valence-corrected chi connectivity index (χ2v) is 8.19. The van der Waals surface area contributed by atoms with Crippen LogP contribution in [0.15, 0.2) is 75.2 Å². The van der Waals surface area contributed by atoms with Crippen LogP contribution in [0.5, 0.6) is 5.75 Å². The minimum Gasteiger partial charge on any atom is -0.488 e. The molecular formula is C24H23BrN4O3. The Bertz CT molecular complexity index is 1390. The molecule has 0 aliphatic carbocycles. The van der Waals surface area contributed by atoms with Crippen molar-refractivity contribution in [2.24, 2.45) is 0 Å². The van der Waals surface area contributed by atoms with E-state index in [1.165, 1.54) is 4.57 Å². The highest BCUT2D eigenvalue weighted by molar-refractivity contribution is 9.10. The Hall–Kier alpha value is -3.39. The first-order chi connectivity index (χ1) is 15.5. The summed E-state index contributed by atoms with van der Waals surface area (Å²) in [5.74, 6) is 1.31. The zero-order valence-corrected chi connectivity index (χ0v) is 19.3. The summed E-state index contributed by atoms with van der Waals surface area (Å²) >= 11 is 3.55. The van der Waals surface area contributed by atoms with Crippen molar-refractivity contribution >= 4 is 27.1 Å². The highest BCUT2D eigenvalue weighted by Gasteiger charge is 2.20. The average molecular weight is 495 g/mol. The van der Waals surface area contributed by atoms with Crippen molar-refractivity contribution in [1.82, 2.24) is 19.1 Å². The van der Waals surface area contributed by atoms with Crippen LogP contribution < -0.4 is 16.0 Å². The summed E-state index contributed by atoms with van der Waals surface area (Å²) in [7, 11) is 0. The first-order valence-electron chi connectivity index (χ1n) is 10.3. The molecule has 7 nitrogen and oxygen atoms in total. The fraction of sp³-hybridized carbons (Fsp3) is 0.208. The maximum Gasteiger partial charge on any atom is 0.330 e. The summed E-state index contributed by atoms with van der Waals surface area (Å²) in [5.41, 5.74) is 1.60. The van der Waals surface area contributed by atoms with Crippen LogP contribution in [0.1, 0.15) is 18.9 Å². The third kappa shape index (κ3) is 4.18. The standard InChI is InChI=1S/C24H23BrN4O3/c1-3-12-28-20-22(26-21(28)17-10-11-19(18(25)14-17)32-13-4-2)29(24(31)27-23(20)30)15-16-8-6-5-7-9-16/h4-11,14H,2-3,12-13,15H2,1H3,(H,27,30,31). The summed E-state index contributed by atoms with van der Waals surface area (Å²) in [6.45, 7) is 7.00. The van der Waals surface area contributed by atoms with Crippen molar-refractivity contribution in [3.05, 3.63) is 92.1 Å². The SMILES string of the molecule is C=CCOc1ccc(-c2nc3c(c(=O)[nH]c(=O)n3Cc3ccccc3)n2CCC)cc1Br. The normalized spacial score (nSPS) is 11.1. The van der Waals surface area contributed by atoms with E-state index in [2.05, 4.69) is 27.5 Å². The number of halogens is 1. The van der Waals surface area contributed by atoms with E-state index >= 15 is 0 Å². The van der Waals surface area contributed by atoms with Gasteiger partial charge in [0.1, 0.15) is 18.2 Å². The van der Waals surface area contributed by atoms with Gasteiger partial charge in [-0.1, -0.05) is 49.9 Å². The molecule has 0 aliphatic heterocycles. The molecule has 0 amide bonds. The number of hydrogen-bond acceptors (Lipinski definition) is 4. The lowest BCUT2D eigenvalue weighted by atomic mass is 10.2. The molecule has 0 radical (unpaired) electrons. The van der Waals surface area contributed by atoms with Gasteiger partial charge in [-0.05, 0) is 46.1 Å². The maximum atomic E-state index is 12.8. The van der Waals surface area contributed by atoms with Crippen LogP contribution in [0.4, 0.5) is 0 Å². The molecule has 164 valence electrons. The molecule has 2 aromatic heterocycles. The van der Waals surface area contributed by atoms with Gasteiger partial charge in [-0.3, -0.25) is 14.3 Å². The van der Waals surface area contributed by atoms with E-state index in [-0.39, 0.29) is 0 Å². The first kappa shape index (κ1) is 21.8. The van der Waals surface area contributed by atoms with Crippen molar-refractivity contribution in [2.75, 3.05) is 6.61 Å². The van der Waals surface area contributed by atoms with Crippen LogP contribution in [0.25, 0.3) is 22.6 Å². The monoisotopic (exact) mass is 494 g/mol. The van der Waals surface area contributed by atoms with E-state index in [0.717, 1.165) is 22.0 Å². The van der Waals surface area contributed by atoms with E-state index in [0.29, 0.717) is 42.4 Å². The lowest BCUT2D eigenvalue weighted by Gasteiger charge is -2.10. The number of benzene rings is 2. The number of aromatic amines is 1. The summed E-state index contributed by atoms with van der Waals surface area (Å²) in [4.78, 5) is 32.8. The van der Waals surface area contributed by atoms with Gasteiger partial charge < -0.3 is 9.30 Å². The Kier molecular flexibility index (Phi) is 6.41. The fourth-order valence-electron chi connectivity index (χ4n) is 3.65. The molecule has 2 heterocycles. The molecule has 2 aromatic carbocycles. The largest absolute Gasteiger partial charge is 0.488 e. The molecular weight excluding hydrogens is 472 g/mol. The zero-order chi connectivity index (χ0) is 22.7. The van der Waals surface area contributed by atoms with Gasteiger partial charge in [-0.2, -0.15) is 0 Å². The molecule has 0 saturated carbocycles. The number of H-pyrrole nitrogens is 1. The Balaban J connectivity index is 1.91. The number of aryl methyl sites for hydroxylation is 1. The van der Waals surface area contributed by atoms with Gasteiger partial charge >= 0.3 is 5.69 Å². The van der Waals surface area contributed by atoms with Crippen LogP contribution in [0.3, 0.4) is 0 Å². The van der Waals surface area contributed by atoms with E-state index in [1.54, 1.807) is 6.08 Å². The smallest absolute Gasteiger partial charge is 0.330 e. The second-order valence-electron chi connectivity index (χ2n) is 7.34. The summed E-state index contributed by atoms with van der Waals surface area (Å²) in [6.07, 6.45) is 2.48. The molecule has 4 rings (SSSR count). The van der Waals surface area contributed by atoms with E-state index in [9.17, 15) is 9.59 Å². The van der Waals surface area contributed by atoms with Gasteiger partial charge in [0.15, 0.2) is 11.2 Å². The third-order valence-electron chi connectivity index (χ3n) is 5.06. The van der Waals surface area contributed by atoms with Gasteiger partial charge in [-0.25, -0.2) is 9.78 Å². The van der Waals surface area contributed by atoms with Crippen LogP contribution in [0, 0.1) is 0 Å². The lowest BCUT2D eigenvalue weighted by Crippen LogP contribution is -2.31. The van der Waals surface area contributed by atoms with Gasteiger partial charge in [0, 0.05) is 12.1 Å². The maximum absolute atomic E-state index is 12.8. The van der Waals surface area contributed by atoms with E-state index < -0.39 is 11.2 Å². The topological polar surface area (TPSA) is 81.9 Å². The van der Waals surface area contributed by atoms with Crippen molar-refractivity contribution in [2.45, 2.75) is 26.4 Å². The molecule has 0 bridgehead atoms. The van der Waals surface area contributed by atoms with Gasteiger partial charge in [-0.15, -0.1) is 0 Å². The molecule has 0 spiro atoms.